The van der Waals surface area contributed by atoms with E-state index in [4.69, 9.17) is 33.4 Å². The van der Waals surface area contributed by atoms with Crippen LogP contribution in [0.25, 0.3) is 0 Å². The van der Waals surface area contributed by atoms with E-state index in [1.807, 2.05) is 0 Å². The minimum atomic E-state index is -0.281. The Hall–Kier alpha value is -2.76. The molecule has 0 aliphatic rings. The van der Waals surface area contributed by atoms with Crippen molar-refractivity contribution in [2.45, 2.75) is 13.8 Å². The van der Waals surface area contributed by atoms with Crippen LogP contribution in [0.4, 0.5) is 5.69 Å². The number of nitrogens with zero attached hydrogens (tertiary/aromatic N) is 2. The molecule has 0 saturated heterocycles. The third kappa shape index (κ3) is 10.7. The minimum Gasteiger partial charge on any atom is -0.370 e. The normalized spacial score (nSPS) is 10.3. The highest BCUT2D eigenvalue weighted by molar-refractivity contribution is 6.06. The third-order valence-corrected chi connectivity index (χ3v) is 2.74. The molecule has 0 radical (unpaired) electrons. The lowest BCUT2D eigenvalue weighted by molar-refractivity contribution is 0.990. The maximum atomic E-state index is 7.35. The number of hydrogen-bond donors (Lipinski definition) is 9. The molecule has 1 aromatic rings. The Bertz CT molecular complexity index is 680. The second-order valence-electron chi connectivity index (χ2n) is 4.78. The van der Waals surface area contributed by atoms with Crippen molar-refractivity contribution < 1.29 is 0 Å². The fourth-order valence-electron chi connectivity index (χ4n) is 1.69. The molecular weight excluding hydrogens is 417 g/mol. The first kappa shape index (κ1) is 29.0. The van der Waals surface area contributed by atoms with Crippen LogP contribution in [0, 0.1) is 16.2 Å². The first-order valence-electron chi connectivity index (χ1n) is 6.74. The van der Waals surface area contributed by atoms with E-state index in [1.165, 1.54) is 0 Å². The summed E-state index contributed by atoms with van der Waals surface area (Å²) < 4.78 is 0. The lowest BCUT2D eigenvalue weighted by atomic mass is 10.0. The summed E-state index contributed by atoms with van der Waals surface area (Å²) in [6, 6.07) is 5.26. The van der Waals surface area contributed by atoms with Gasteiger partial charge in [0, 0.05) is 16.8 Å². The Kier molecular flexibility index (Phi) is 14.5. The number of rotatable bonds is 5. The number of hydrogen-bond acceptors (Lipinski definition) is 5. The van der Waals surface area contributed by atoms with Crippen LogP contribution in [-0.2, 0) is 0 Å². The van der Waals surface area contributed by atoms with Crippen molar-refractivity contribution in [3.63, 3.8) is 0 Å². The van der Waals surface area contributed by atoms with Gasteiger partial charge in [-0.2, -0.15) is 10.2 Å². The molecule has 0 spiro atoms. The molecule has 152 valence electrons. The Morgan fingerprint density at radius 2 is 1.11 bits per heavy atom. The lowest BCUT2D eigenvalue weighted by Gasteiger charge is -2.11. The molecule has 1 aromatic carbocycles. The summed E-state index contributed by atoms with van der Waals surface area (Å²) in [7, 11) is 0. The smallest absolute Gasteiger partial charge is 0.206 e. The second-order valence-corrected chi connectivity index (χ2v) is 4.78. The van der Waals surface area contributed by atoms with Gasteiger partial charge in [0.1, 0.15) is 0 Å². The topological polar surface area (TPSA) is 210 Å². The van der Waals surface area contributed by atoms with Gasteiger partial charge in [-0.15, -0.1) is 37.2 Å². The monoisotopic (exact) mass is 439 g/mol. The zero-order valence-corrected chi connectivity index (χ0v) is 17.0. The van der Waals surface area contributed by atoms with Crippen LogP contribution in [0.15, 0.2) is 28.4 Å². The number of benzene rings is 1. The third-order valence-electron chi connectivity index (χ3n) is 2.74. The molecule has 0 atom stereocenters. The van der Waals surface area contributed by atoms with Crippen molar-refractivity contribution in [3.05, 3.63) is 29.3 Å². The Labute approximate surface area is 175 Å². The summed E-state index contributed by atoms with van der Waals surface area (Å²) in [6.07, 6.45) is 0. The van der Waals surface area contributed by atoms with Crippen molar-refractivity contribution in [2.24, 2.45) is 27.4 Å². The zero-order valence-electron chi connectivity index (χ0n) is 14.6. The molecule has 0 saturated carbocycles. The standard InChI is InChI=1S/C13H21N11.3ClH/c1-6(21-23-12(16)17)8-3-9(7(2)22-24-13(18)19)5-10(4-8)20-11(14)15;;;/h3-5H,1-2H3,(H4,14,15,20)(H4,16,17,23)(H4,18,19,24);3*1H. The number of guanidine groups is 3. The molecule has 0 aromatic heterocycles. The van der Waals surface area contributed by atoms with E-state index in [2.05, 4.69) is 26.4 Å². The van der Waals surface area contributed by atoms with Gasteiger partial charge in [-0.3, -0.25) is 16.2 Å². The van der Waals surface area contributed by atoms with Crippen LogP contribution in [0.1, 0.15) is 25.0 Å². The fraction of sp³-hybridized carbons (Fsp3) is 0.154. The van der Waals surface area contributed by atoms with E-state index in [1.54, 1.807) is 32.0 Å². The highest BCUT2D eigenvalue weighted by Crippen LogP contribution is 2.17. The molecule has 0 unspecified atom stereocenters. The molecule has 11 nitrogen and oxygen atoms in total. The van der Waals surface area contributed by atoms with E-state index in [-0.39, 0.29) is 55.1 Å². The number of nitrogens with one attached hydrogen (secondary N) is 6. The van der Waals surface area contributed by atoms with Gasteiger partial charge in [0.2, 0.25) is 11.9 Å². The van der Waals surface area contributed by atoms with Crippen LogP contribution in [0.5, 0.6) is 0 Å². The highest BCUT2D eigenvalue weighted by atomic mass is 35.5. The summed E-state index contributed by atoms with van der Waals surface area (Å²) in [4.78, 5) is 0. The Morgan fingerprint density at radius 3 is 1.41 bits per heavy atom. The van der Waals surface area contributed by atoms with Crippen LogP contribution < -0.4 is 33.4 Å². The van der Waals surface area contributed by atoms with Crippen molar-refractivity contribution in [1.82, 2.24) is 10.9 Å². The van der Waals surface area contributed by atoms with Gasteiger partial charge < -0.3 is 22.5 Å². The summed E-state index contributed by atoms with van der Waals surface area (Å²) in [5.74, 6) is -0.780. The van der Waals surface area contributed by atoms with Crippen molar-refractivity contribution >= 4 is 72.2 Å². The van der Waals surface area contributed by atoms with Gasteiger partial charge in [-0.25, -0.2) is 10.9 Å². The fourth-order valence-corrected chi connectivity index (χ4v) is 1.69. The Morgan fingerprint density at radius 1 is 0.741 bits per heavy atom. The molecule has 0 amide bonds. The van der Waals surface area contributed by atoms with E-state index in [0.717, 1.165) is 0 Å². The molecule has 0 aliphatic heterocycles. The van der Waals surface area contributed by atoms with Gasteiger partial charge in [0.15, 0.2) is 5.96 Å². The zero-order chi connectivity index (χ0) is 18.3. The van der Waals surface area contributed by atoms with Crippen LogP contribution in [-0.4, -0.2) is 29.3 Å². The van der Waals surface area contributed by atoms with E-state index in [9.17, 15) is 0 Å². The molecule has 0 aliphatic carbocycles. The first-order valence-corrected chi connectivity index (χ1v) is 6.74. The SMILES string of the molecule is CC(=NNC(=N)N)c1cc(NC(=N)N)cc(C(C)=NNC(=N)N)c1.Cl.Cl.Cl. The average Bonchev–Trinajstić information content (AvgIpc) is 2.49. The van der Waals surface area contributed by atoms with Gasteiger partial charge in [0.05, 0.1) is 11.4 Å². The second kappa shape index (κ2) is 13.4. The van der Waals surface area contributed by atoms with E-state index >= 15 is 0 Å². The molecule has 1 rings (SSSR count). The number of anilines is 1. The van der Waals surface area contributed by atoms with Gasteiger partial charge in [-0.1, -0.05) is 0 Å². The molecular formula is C13H24Cl3N11. The molecule has 0 bridgehead atoms. The summed E-state index contributed by atoms with van der Waals surface area (Å²) in [5, 5.41) is 32.3. The van der Waals surface area contributed by atoms with Gasteiger partial charge in [-0.05, 0) is 32.0 Å². The van der Waals surface area contributed by atoms with Crippen LogP contribution >= 0.6 is 37.2 Å². The quantitative estimate of drug-likeness (QED) is 0.182. The molecule has 0 fully saturated rings. The van der Waals surface area contributed by atoms with Crippen LogP contribution in [0.2, 0.25) is 0 Å². The average molecular weight is 441 g/mol. The predicted octanol–water partition coefficient (Wildman–Crippen LogP) is 0.672. The van der Waals surface area contributed by atoms with Crippen LogP contribution in [0.3, 0.4) is 0 Å². The van der Waals surface area contributed by atoms with E-state index < -0.39 is 0 Å². The molecule has 0 heterocycles. The molecule has 27 heavy (non-hydrogen) atoms. The minimum absolute atomic E-state index is 0. The van der Waals surface area contributed by atoms with Gasteiger partial charge >= 0.3 is 0 Å². The van der Waals surface area contributed by atoms with Gasteiger partial charge in [0.25, 0.3) is 0 Å². The molecule has 12 N–H and O–H groups in total. The number of halogens is 3. The highest BCUT2D eigenvalue weighted by Gasteiger charge is 2.07. The van der Waals surface area contributed by atoms with Crippen molar-refractivity contribution in [1.29, 1.82) is 16.2 Å². The molecule has 14 heteroatoms. The maximum absolute atomic E-state index is 7.35. The lowest BCUT2D eigenvalue weighted by Crippen LogP contribution is -2.27. The van der Waals surface area contributed by atoms with E-state index in [0.29, 0.717) is 28.2 Å². The predicted molar refractivity (Wildman–Crippen MR) is 118 cm³/mol. The van der Waals surface area contributed by atoms with Crippen molar-refractivity contribution in [2.75, 3.05) is 5.32 Å². The largest absolute Gasteiger partial charge is 0.370 e. The number of hydrazone groups is 2. The number of nitrogens with two attached hydrogens (primary N) is 3. The summed E-state index contributed by atoms with van der Waals surface area (Å²) >= 11 is 0. The summed E-state index contributed by atoms with van der Waals surface area (Å²) in [6.45, 7) is 3.46. The Balaban J connectivity index is -0.00000192. The first-order chi connectivity index (χ1) is 11.2. The summed E-state index contributed by atoms with van der Waals surface area (Å²) in [5.41, 5.74) is 23.6. The maximum Gasteiger partial charge on any atom is 0.206 e. The van der Waals surface area contributed by atoms with Crippen molar-refractivity contribution in [3.8, 4) is 0 Å².